The lowest BCUT2D eigenvalue weighted by molar-refractivity contribution is 0.103. The Labute approximate surface area is 181 Å². The Bertz CT molecular complexity index is 1380. The van der Waals surface area contributed by atoms with Crippen molar-refractivity contribution in [2.45, 2.75) is 6.92 Å². The van der Waals surface area contributed by atoms with Gasteiger partial charge in [0.25, 0.3) is 5.91 Å². The third kappa shape index (κ3) is 3.86. The van der Waals surface area contributed by atoms with E-state index in [-0.39, 0.29) is 5.91 Å². The summed E-state index contributed by atoms with van der Waals surface area (Å²) in [4.78, 5) is 26.1. The highest BCUT2D eigenvalue weighted by Crippen LogP contribution is 2.28. The van der Waals surface area contributed by atoms with E-state index in [9.17, 15) is 4.79 Å². The highest BCUT2D eigenvalue weighted by Gasteiger charge is 2.15. The number of aryl methyl sites for hydroxylation is 1. The van der Waals surface area contributed by atoms with E-state index in [4.69, 9.17) is 0 Å². The van der Waals surface area contributed by atoms with Crippen LogP contribution in [0.5, 0.6) is 0 Å². The number of pyridine rings is 2. The molecule has 4 heterocycles. The Morgan fingerprint density at radius 1 is 1.03 bits per heavy atom. The molecule has 0 aliphatic heterocycles. The van der Waals surface area contributed by atoms with Crippen LogP contribution in [0.15, 0.2) is 67.4 Å². The second kappa shape index (κ2) is 7.96. The number of nitrogens with zero attached hydrogens (tertiary/aromatic N) is 4. The van der Waals surface area contributed by atoms with E-state index in [0.717, 1.165) is 33.3 Å². The Kier molecular flexibility index (Phi) is 4.85. The molecule has 0 aliphatic rings. The molecule has 0 unspecified atom stereocenters. The molecule has 0 bridgehead atoms. The molecule has 0 saturated heterocycles. The largest absolute Gasteiger partial charge is 0.320 e. The van der Waals surface area contributed by atoms with Gasteiger partial charge in [0.05, 0.1) is 23.6 Å². The van der Waals surface area contributed by atoms with Gasteiger partial charge in [-0.15, -0.1) is 0 Å². The van der Waals surface area contributed by atoms with Gasteiger partial charge in [0, 0.05) is 29.5 Å². The van der Waals surface area contributed by atoms with E-state index in [2.05, 4.69) is 35.8 Å². The van der Waals surface area contributed by atoms with Gasteiger partial charge < -0.3 is 10.6 Å². The van der Waals surface area contributed by atoms with Crippen molar-refractivity contribution in [3.8, 4) is 11.1 Å². The monoisotopic (exact) mass is 427 g/mol. The molecule has 3 N–H and O–H groups in total. The minimum atomic E-state index is -0.223. The first-order valence-corrected chi connectivity index (χ1v) is 10.3. The number of H-pyrrole nitrogens is 1. The normalized spacial score (nSPS) is 10.9. The first-order chi connectivity index (χ1) is 15.2. The molecule has 1 aromatic carbocycles. The van der Waals surface area contributed by atoms with Crippen molar-refractivity contribution < 1.29 is 4.79 Å². The number of carbonyl (C=O) groups excluding carboxylic acids is 1. The summed E-state index contributed by atoms with van der Waals surface area (Å²) in [5.41, 5.74) is 4.55. The first kappa shape index (κ1) is 18.9. The number of hydrogen-bond donors (Lipinski definition) is 3. The van der Waals surface area contributed by atoms with Crippen LogP contribution in [-0.2, 0) is 0 Å². The van der Waals surface area contributed by atoms with Crippen molar-refractivity contribution in [1.82, 2.24) is 25.1 Å². The van der Waals surface area contributed by atoms with Crippen molar-refractivity contribution >= 4 is 44.8 Å². The fourth-order valence-electron chi connectivity index (χ4n) is 3.23. The topological polar surface area (TPSA) is 108 Å². The molecule has 0 spiro atoms. The lowest BCUT2D eigenvalue weighted by atomic mass is 10.1. The fraction of sp³-hybridized carbons (Fsp3) is 0.0455. The summed E-state index contributed by atoms with van der Waals surface area (Å²) in [5.74, 6) is 0.418. The van der Waals surface area contributed by atoms with Gasteiger partial charge in [-0.2, -0.15) is 5.10 Å². The van der Waals surface area contributed by atoms with Gasteiger partial charge in [0.15, 0.2) is 5.13 Å². The Hall–Kier alpha value is -4.11. The Balaban J connectivity index is 1.34. The molecule has 0 fully saturated rings. The third-order valence-electron chi connectivity index (χ3n) is 4.79. The van der Waals surface area contributed by atoms with Gasteiger partial charge in [0.2, 0.25) is 0 Å². The molecule has 0 saturated carbocycles. The van der Waals surface area contributed by atoms with Crippen LogP contribution in [0.25, 0.3) is 22.0 Å². The quantitative estimate of drug-likeness (QED) is 0.372. The summed E-state index contributed by atoms with van der Waals surface area (Å²) in [6.45, 7) is 1.95. The smallest absolute Gasteiger partial charge is 0.267 e. The molecule has 0 atom stereocenters. The van der Waals surface area contributed by atoms with Crippen LogP contribution in [0.1, 0.15) is 15.2 Å². The maximum atomic E-state index is 12.8. The molecule has 5 aromatic rings. The Morgan fingerprint density at radius 3 is 2.84 bits per heavy atom. The van der Waals surface area contributed by atoms with Gasteiger partial charge in [0.1, 0.15) is 10.7 Å². The number of aromatic amines is 1. The number of thiazole rings is 1. The minimum absolute atomic E-state index is 0.223. The maximum absolute atomic E-state index is 12.8. The van der Waals surface area contributed by atoms with Crippen molar-refractivity contribution in [3.05, 3.63) is 77.8 Å². The van der Waals surface area contributed by atoms with Gasteiger partial charge in [-0.1, -0.05) is 23.5 Å². The molecule has 1 amide bonds. The number of amides is 1. The van der Waals surface area contributed by atoms with Crippen LogP contribution < -0.4 is 10.6 Å². The number of carbonyl (C=O) groups is 1. The van der Waals surface area contributed by atoms with Gasteiger partial charge in [-0.25, -0.2) is 9.97 Å². The average molecular weight is 427 g/mol. The first-order valence-electron chi connectivity index (χ1n) is 9.51. The van der Waals surface area contributed by atoms with E-state index >= 15 is 0 Å². The lowest BCUT2D eigenvalue weighted by Gasteiger charge is -2.08. The number of aromatic nitrogens is 5. The predicted octanol–water partition coefficient (Wildman–Crippen LogP) is 4.78. The summed E-state index contributed by atoms with van der Waals surface area (Å²) in [6.07, 6.45) is 8.52. The maximum Gasteiger partial charge on any atom is 0.267 e. The molecule has 0 aliphatic carbocycles. The Morgan fingerprint density at radius 2 is 1.97 bits per heavy atom. The standard InChI is InChI=1S/C22H17N7OS/c1-13-4-5-17-16(11-26-29-17)20(13)28-21(30)18-12-25-22(31-18)27-19-9-14(6-8-24-19)15-3-2-7-23-10-15/h2-12H,1H3,(H,26,29)(H,28,30)(H,24,25,27). The summed E-state index contributed by atoms with van der Waals surface area (Å²) in [5, 5.41) is 14.6. The van der Waals surface area contributed by atoms with Crippen LogP contribution in [0.3, 0.4) is 0 Å². The van der Waals surface area contributed by atoms with Gasteiger partial charge >= 0.3 is 0 Å². The van der Waals surface area contributed by atoms with Crippen molar-refractivity contribution in [2.24, 2.45) is 0 Å². The summed E-state index contributed by atoms with van der Waals surface area (Å²) in [6, 6.07) is 11.6. The summed E-state index contributed by atoms with van der Waals surface area (Å²) < 4.78 is 0. The van der Waals surface area contributed by atoms with Crippen LogP contribution in [0, 0.1) is 6.92 Å². The van der Waals surface area contributed by atoms with Crippen LogP contribution >= 0.6 is 11.3 Å². The average Bonchev–Trinajstić information content (AvgIpc) is 3.46. The van der Waals surface area contributed by atoms with E-state index < -0.39 is 0 Å². The second-order valence-corrected chi connectivity index (χ2v) is 7.90. The highest BCUT2D eigenvalue weighted by molar-refractivity contribution is 7.17. The number of hydrogen-bond acceptors (Lipinski definition) is 7. The molecule has 31 heavy (non-hydrogen) atoms. The molecule has 8 nitrogen and oxygen atoms in total. The second-order valence-electron chi connectivity index (χ2n) is 6.87. The summed E-state index contributed by atoms with van der Waals surface area (Å²) in [7, 11) is 0. The summed E-state index contributed by atoms with van der Waals surface area (Å²) >= 11 is 1.26. The van der Waals surface area contributed by atoms with Crippen molar-refractivity contribution in [2.75, 3.05) is 10.6 Å². The molecular formula is C22H17N7OS. The zero-order chi connectivity index (χ0) is 21.2. The SMILES string of the molecule is Cc1ccc2[nH]ncc2c1NC(=O)c1cnc(Nc2cc(-c3cccnc3)ccn2)s1. The number of rotatable bonds is 5. The van der Waals surface area contributed by atoms with E-state index in [1.807, 2.05) is 43.3 Å². The van der Waals surface area contributed by atoms with Crippen LogP contribution in [0.2, 0.25) is 0 Å². The molecule has 9 heteroatoms. The van der Waals surface area contributed by atoms with Crippen LogP contribution in [-0.4, -0.2) is 31.1 Å². The highest BCUT2D eigenvalue weighted by atomic mass is 32.1. The minimum Gasteiger partial charge on any atom is -0.320 e. The molecule has 5 rings (SSSR count). The zero-order valence-corrected chi connectivity index (χ0v) is 17.3. The molecule has 4 aromatic heterocycles. The van der Waals surface area contributed by atoms with E-state index in [1.54, 1.807) is 31.0 Å². The number of fused-ring (bicyclic) bond motifs is 1. The number of nitrogens with one attached hydrogen (secondary N) is 3. The van der Waals surface area contributed by atoms with Crippen molar-refractivity contribution in [1.29, 1.82) is 0 Å². The molecular weight excluding hydrogens is 410 g/mol. The van der Waals surface area contributed by atoms with Gasteiger partial charge in [-0.3, -0.25) is 14.9 Å². The lowest BCUT2D eigenvalue weighted by Crippen LogP contribution is -2.11. The van der Waals surface area contributed by atoms with Crippen LogP contribution in [0.4, 0.5) is 16.6 Å². The van der Waals surface area contributed by atoms with E-state index in [0.29, 0.717) is 15.8 Å². The third-order valence-corrected chi connectivity index (χ3v) is 5.70. The number of benzene rings is 1. The fourth-order valence-corrected chi connectivity index (χ4v) is 3.94. The zero-order valence-electron chi connectivity index (χ0n) is 16.5. The molecule has 0 radical (unpaired) electrons. The molecule has 152 valence electrons. The van der Waals surface area contributed by atoms with E-state index in [1.165, 1.54) is 11.3 Å². The number of anilines is 3. The van der Waals surface area contributed by atoms with Crippen molar-refractivity contribution in [3.63, 3.8) is 0 Å². The van der Waals surface area contributed by atoms with Gasteiger partial charge in [-0.05, 0) is 42.3 Å². The predicted molar refractivity (Wildman–Crippen MR) is 122 cm³/mol.